The SMILES string of the molecule is Cc1cc(C)c(/C=N/NC(=O)c2cccc(S(=O)(=O)N3CCCC3)c2)c(C)c1. The molecule has 0 bridgehead atoms. The van der Waals surface area contributed by atoms with Crippen LogP contribution in [-0.2, 0) is 10.0 Å². The number of rotatable bonds is 5. The van der Waals surface area contributed by atoms with E-state index in [-0.39, 0.29) is 10.5 Å². The number of benzene rings is 2. The Bertz CT molecular complexity index is 1000. The molecule has 1 aliphatic rings. The van der Waals surface area contributed by atoms with Crippen LogP contribution in [0.2, 0.25) is 0 Å². The third-order valence-electron chi connectivity index (χ3n) is 4.90. The molecule has 0 aromatic heterocycles. The number of hydrogen-bond acceptors (Lipinski definition) is 4. The first kappa shape index (κ1) is 20.2. The van der Waals surface area contributed by atoms with Crippen molar-refractivity contribution in [1.82, 2.24) is 9.73 Å². The Hall–Kier alpha value is -2.51. The van der Waals surface area contributed by atoms with E-state index in [2.05, 4.69) is 22.7 Å². The van der Waals surface area contributed by atoms with Crippen LogP contribution >= 0.6 is 0 Å². The first-order valence-electron chi connectivity index (χ1n) is 9.30. The van der Waals surface area contributed by atoms with E-state index in [0.717, 1.165) is 29.5 Å². The lowest BCUT2D eigenvalue weighted by atomic mass is 10.0. The number of hydrazone groups is 1. The van der Waals surface area contributed by atoms with Crippen LogP contribution < -0.4 is 5.43 Å². The quantitative estimate of drug-likeness (QED) is 0.620. The molecule has 7 heteroatoms. The van der Waals surface area contributed by atoms with Crippen molar-refractivity contribution in [3.05, 3.63) is 64.2 Å². The Kier molecular flexibility index (Phi) is 5.96. The van der Waals surface area contributed by atoms with E-state index in [1.54, 1.807) is 18.3 Å². The lowest BCUT2D eigenvalue weighted by molar-refractivity contribution is 0.0955. The largest absolute Gasteiger partial charge is 0.271 e. The molecular formula is C21H25N3O3S. The van der Waals surface area contributed by atoms with Gasteiger partial charge in [-0.05, 0) is 62.9 Å². The summed E-state index contributed by atoms with van der Waals surface area (Å²) >= 11 is 0. The number of amides is 1. The normalized spacial score (nSPS) is 15.2. The smallest absolute Gasteiger partial charge is 0.267 e. The first-order valence-corrected chi connectivity index (χ1v) is 10.7. The number of nitrogens with zero attached hydrogens (tertiary/aromatic N) is 2. The summed E-state index contributed by atoms with van der Waals surface area (Å²) in [6.07, 6.45) is 3.35. The van der Waals surface area contributed by atoms with Gasteiger partial charge in [0.25, 0.3) is 5.91 Å². The molecule has 0 radical (unpaired) electrons. The Morgan fingerprint density at radius 3 is 2.36 bits per heavy atom. The van der Waals surface area contributed by atoms with Crippen LogP contribution in [0.3, 0.4) is 0 Å². The van der Waals surface area contributed by atoms with Gasteiger partial charge in [-0.3, -0.25) is 4.79 Å². The fraction of sp³-hybridized carbons (Fsp3) is 0.333. The summed E-state index contributed by atoms with van der Waals surface area (Å²) in [7, 11) is -3.56. The van der Waals surface area contributed by atoms with Crippen molar-refractivity contribution in [1.29, 1.82) is 0 Å². The second-order valence-corrected chi connectivity index (χ2v) is 9.09. The predicted octanol–water partition coefficient (Wildman–Crippen LogP) is 3.16. The highest BCUT2D eigenvalue weighted by Gasteiger charge is 2.27. The predicted molar refractivity (Wildman–Crippen MR) is 110 cm³/mol. The second-order valence-electron chi connectivity index (χ2n) is 7.15. The maximum absolute atomic E-state index is 12.7. The molecular weight excluding hydrogens is 374 g/mol. The van der Waals surface area contributed by atoms with Gasteiger partial charge >= 0.3 is 0 Å². The molecule has 1 fully saturated rings. The molecule has 1 saturated heterocycles. The van der Waals surface area contributed by atoms with E-state index in [0.29, 0.717) is 13.1 Å². The summed E-state index contributed by atoms with van der Waals surface area (Å²) in [4.78, 5) is 12.6. The molecule has 1 aliphatic heterocycles. The molecule has 0 atom stereocenters. The van der Waals surface area contributed by atoms with Crippen molar-refractivity contribution in [3.8, 4) is 0 Å². The number of aryl methyl sites for hydroxylation is 3. The van der Waals surface area contributed by atoms with E-state index in [1.165, 1.54) is 22.0 Å². The molecule has 28 heavy (non-hydrogen) atoms. The maximum atomic E-state index is 12.7. The molecule has 0 spiro atoms. The maximum Gasteiger partial charge on any atom is 0.271 e. The zero-order valence-electron chi connectivity index (χ0n) is 16.4. The third-order valence-corrected chi connectivity index (χ3v) is 6.79. The van der Waals surface area contributed by atoms with Crippen LogP contribution in [-0.4, -0.2) is 37.9 Å². The van der Waals surface area contributed by atoms with Crippen LogP contribution in [0.1, 0.15) is 45.5 Å². The average molecular weight is 400 g/mol. The Morgan fingerprint density at radius 2 is 1.71 bits per heavy atom. The second kappa shape index (κ2) is 8.24. The van der Waals surface area contributed by atoms with Crippen molar-refractivity contribution in [2.24, 2.45) is 5.10 Å². The summed E-state index contributed by atoms with van der Waals surface area (Å²) in [5, 5.41) is 4.05. The number of nitrogens with one attached hydrogen (secondary N) is 1. The van der Waals surface area contributed by atoms with Gasteiger partial charge in [0, 0.05) is 24.2 Å². The lowest BCUT2D eigenvalue weighted by Gasteiger charge is -2.15. The molecule has 3 rings (SSSR count). The van der Waals surface area contributed by atoms with E-state index in [1.807, 2.05) is 20.8 Å². The fourth-order valence-electron chi connectivity index (χ4n) is 3.49. The van der Waals surface area contributed by atoms with Gasteiger partial charge in [0.15, 0.2) is 0 Å². The number of hydrogen-bond donors (Lipinski definition) is 1. The van der Waals surface area contributed by atoms with Crippen LogP contribution in [0, 0.1) is 20.8 Å². The zero-order valence-corrected chi connectivity index (χ0v) is 17.2. The molecule has 148 valence electrons. The molecule has 2 aromatic rings. The van der Waals surface area contributed by atoms with Crippen molar-refractivity contribution >= 4 is 22.1 Å². The Morgan fingerprint density at radius 1 is 1.07 bits per heavy atom. The van der Waals surface area contributed by atoms with E-state index in [4.69, 9.17) is 0 Å². The van der Waals surface area contributed by atoms with E-state index < -0.39 is 15.9 Å². The average Bonchev–Trinajstić information content (AvgIpc) is 3.19. The van der Waals surface area contributed by atoms with Crippen LogP contribution in [0.15, 0.2) is 46.4 Å². The molecule has 2 aromatic carbocycles. The Labute approximate surface area is 166 Å². The van der Waals surface area contributed by atoms with Gasteiger partial charge in [0.2, 0.25) is 10.0 Å². The van der Waals surface area contributed by atoms with Gasteiger partial charge in [-0.15, -0.1) is 0 Å². The lowest BCUT2D eigenvalue weighted by Crippen LogP contribution is -2.28. The molecule has 1 N–H and O–H groups in total. The van der Waals surface area contributed by atoms with Gasteiger partial charge in [0.05, 0.1) is 11.1 Å². The summed E-state index contributed by atoms with van der Waals surface area (Å²) in [5.74, 6) is -0.447. The highest BCUT2D eigenvalue weighted by molar-refractivity contribution is 7.89. The Balaban J connectivity index is 1.75. The molecule has 0 unspecified atom stereocenters. The topological polar surface area (TPSA) is 78.8 Å². The number of carbonyl (C=O) groups excluding carboxylic acids is 1. The van der Waals surface area contributed by atoms with Crippen LogP contribution in [0.25, 0.3) is 0 Å². The van der Waals surface area contributed by atoms with Gasteiger partial charge < -0.3 is 0 Å². The highest BCUT2D eigenvalue weighted by atomic mass is 32.2. The van der Waals surface area contributed by atoms with Gasteiger partial charge in [-0.25, -0.2) is 13.8 Å². The molecule has 1 amide bonds. The third kappa shape index (κ3) is 4.31. The number of sulfonamides is 1. The monoisotopic (exact) mass is 399 g/mol. The molecule has 1 heterocycles. The summed E-state index contributed by atoms with van der Waals surface area (Å²) in [6, 6.07) is 10.2. The molecule has 6 nitrogen and oxygen atoms in total. The minimum Gasteiger partial charge on any atom is -0.267 e. The van der Waals surface area contributed by atoms with Gasteiger partial charge in [0.1, 0.15) is 0 Å². The van der Waals surface area contributed by atoms with Crippen LogP contribution in [0.4, 0.5) is 0 Å². The van der Waals surface area contributed by atoms with Crippen LogP contribution in [0.5, 0.6) is 0 Å². The minimum atomic E-state index is -3.56. The fourth-order valence-corrected chi connectivity index (χ4v) is 5.05. The molecule has 0 saturated carbocycles. The van der Waals surface area contributed by atoms with E-state index in [9.17, 15) is 13.2 Å². The summed E-state index contributed by atoms with van der Waals surface area (Å²) in [5.41, 5.74) is 7.03. The summed E-state index contributed by atoms with van der Waals surface area (Å²) < 4.78 is 26.8. The van der Waals surface area contributed by atoms with Crippen molar-refractivity contribution in [2.45, 2.75) is 38.5 Å². The zero-order chi connectivity index (χ0) is 20.3. The number of carbonyl (C=O) groups is 1. The van der Waals surface area contributed by atoms with Gasteiger partial charge in [-0.1, -0.05) is 23.8 Å². The summed E-state index contributed by atoms with van der Waals surface area (Å²) in [6.45, 7) is 7.08. The standard InChI is InChI=1S/C21H25N3O3S/c1-15-11-16(2)20(17(3)12-15)14-22-23-21(25)18-7-6-8-19(13-18)28(26,27)24-9-4-5-10-24/h6-8,11-14H,4-5,9-10H2,1-3H3,(H,23,25)/b22-14+. The highest BCUT2D eigenvalue weighted by Crippen LogP contribution is 2.21. The van der Waals surface area contributed by atoms with Crippen molar-refractivity contribution < 1.29 is 13.2 Å². The molecule has 0 aliphatic carbocycles. The van der Waals surface area contributed by atoms with Crippen molar-refractivity contribution in [2.75, 3.05) is 13.1 Å². The van der Waals surface area contributed by atoms with E-state index >= 15 is 0 Å². The first-order chi connectivity index (χ1) is 13.3. The minimum absolute atomic E-state index is 0.135. The van der Waals surface area contributed by atoms with Crippen molar-refractivity contribution in [3.63, 3.8) is 0 Å². The van der Waals surface area contributed by atoms with Gasteiger partial charge in [-0.2, -0.15) is 9.41 Å².